The van der Waals surface area contributed by atoms with Crippen molar-refractivity contribution in [2.24, 2.45) is 0 Å². The fourth-order valence-corrected chi connectivity index (χ4v) is 2.55. The molecule has 1 aliphatic heterocycles. The summed E-state index contributed by atoms with van der Waals surface area (Å²) in [6.45, 7) is 1.65. The molecule has 0 saturated carbocycles. The Morgan fingerprint density at radius 3 is 2.79 bits per heavy atom. The number of amides is 1. The zero-order chi connectivity index (χ0) is 14.3. The van der Waals surface area contributed by atoms with Crippen LogP contribution in [0.3, 0.4) is 0 Å². The highest BCUT2D eigenvalue weighted by Crippen LogP contribution is 2.17. The largest absolute Gasteiger partial charge is 0.479 e. The summed E-state index contributed by atoms with van der Waals surface area (Å²) in [7, 11) is 0. The molecule has 2 atom stereocenters. The van der Waals surface area contributed by atoms with Gasteiger partial charge in [0, 0.05) is 12.4 Å². The number of carboxylic acids is 1. The molecule has 0 aromatic rings. The summed E-state index contributed by atoms with van der Waals surface area (Å²) in [6.07, 6.45) is 3.52. The Kier molecular flexibility index (Phi) is 6.60. The van der Waals surface area contributed by atoms with Crippen molar-refractivity contribution >= 4 is 23.6 Å². The Bertz CT molecular complexity index is 315. The van der Waals surface area contributed by atoms with Gasteiger partial charge in [-0.15, -0.1) is 11.8 Å². The molecular weight excluding hydrogens is 270 g/mol. The Balaban J connectivity index is 2.12. The van der Waals surface area contributed by atoms with Gasteiger partial charge < -0.3 is 20.3 Å². The maximum atomic E-state index is 11.5. The van der Waals surface area contributed by atoms with Crippen molar-refractivity contribution < 1.29 is 24.5 Å². The SMILES string of the molecule is CC(O)(CNC(=O)CSCC1CCCCO1)C(=O)O. The number of rotatable bonds is 7. The first-order chi connectivity index (χ1) is 8.92. The van der Waals surface area contributed by atoms with Gasteiger partial charge in [0.05, 0.1) is 18.4 Å². The first-order valence-corrected chi connectivity index (χ1v) is 7.49. The molecule has 0 bridgehead atoms. The first kappa shape index (κ1) is 16.3. The fraction of sp³-hybridized carbons (Fsp3) is 0.833. The van der Waals surface area contributed by atoms with Gasteiger partial charge in [0.2, 0.25) is 5.91 Å². The van der Waals surface area contributed by atoms with Crippen LogP contribution >= 0.6 is 11.8 Å². The molecule has 7 heteroatoms. The lowest BCUT2D eigenvalue weighted by molar-refractivity contribution is -0.156. The van der Waals surface area contributed by atoms with E-state index in [0.717, 1.165) is 32.1 Å². The first-order valence-electron chi connectivity index (χ1n) is 6.33. The number of hydrogen-bond acceptors (Lipinski definition) is 5. The highest BCUT2D eigenvalue weighted by molar-refractivity contribution is 7.99. The Hall–Kier alpha value is -0.790. The second-order valence-corrected chi connectivity index (χ2v) is 5.89. The zero-order valence-corrected chi connectivity index (χ0v) is 11.9. The molecule has 1 fully saturated rings. The molecular formula is C12H21NO5S. The van der Waals surface area contributed by atoms with E-state index < -0.39 is 11.6 Å². The molecule has 110 valence electrons. The van der Waals surface area contributed by atoms with Gasteiger partial charge in [-0.2, -0.15) is 0 Å². The maximum absolute atomic E-state index is 11.5. The molecule has 1 heterocycles. The minimum atomic E-state index is -1.92. The van der Waals surface area contributed by atoms with Crippen LogP contribution in [0.5, 0.6) is 0 Å². The third kappa shape index (κ3) is 6.26. The predicted molar refractivity (Wildman–Crippen MR) is 72.2 cm³/mol. The Labute approximate surface area is 116 Å². The Morgan fingerprint density at radius 2 is 2.21 bits per heavy atom. The monoisotopic (exact) mass is 291 g/mol. The minimum absolute atomic E-state index is 0.216. The van der Waals surface area contributed by atoms with Crippen LogP contribution in [0, 0.1) is 0 Å². The minimum Gasteiger partial charge on any atom is -0.479 e. The number of ether oxygens (including phenoxy) is 1. The van der Waals surface area contributed by atoms with E-state index >= 15 is 0 Å². The molecule has 19 heavy (non-hydrogen) atoms. The van der Waals surface area contributed by atoms with E-state index in [4.69, 9.17) is 9.84 Å². The van der Waals surface area contributed by atoms with Gasteiger partial charge in [0.25, 0.3) is 0 Å². The van der Waals surface area contributed by atoms with Gasteiger partial charge >= 0.3 is 5.97 Å². The topological polar surface area (TPSA) is 95.9 Å². The lowest BCUT2D eigenvalue weighted by Gasteiger charge is -2.22. The lowest BCUT2D eigenvalue weighted by atomic mass is 10.1. The van der Waals surface area contributed by atoms with Crippen LogP contribution in [0.1, 0.15) is 26.2 Å². The van der Waals surface area contributed by atoms with Crippen LogP contribution in [-0.4, -0.2) is 58.5 Å². The number of aliphatic carboxylic acids is 1. The quantitative estimate of drug-likeness (QED) is 0.622. The summed E-state index contributed by atoms with van der Waals surface area (Å²) in [5.41, 5.74) is -1.92. The normalized spacial score (nSPS) is 22.5. The van der Waals surface area contributed by atoms with Crippen molar-refractivity contribution in [3.63, 3.8) is 0 Å². The van der Waals surface area contributed by atoms with Gasteiger partial charge in [0.15, 0.2) is 5.60 Å². The van der Waals surface area contributed by atoms with Crippen molar-refractivity contribution in [3.8, 4) is 0 Å². The number of hydrogen-bond donors (Lipinski definition) is 3. The smallest absolute Gasteiger partial charge is 0.337 e. The van der Waals surface area contributed by atoms with E-state index in [1.54, 1.807) is 0 Å². The molecule has 1 rings (SSSR count). The summed E-state index contributed by atoms with van der Waals surface area (Å²) in [4.78, 5) is 22.1. The maximum Gasteiger partial charge on any atom is 0.337 e. The molecule has 0 aromatic heterocycles. The van der Waals surface area contributed by atoms with E-state index in [1.807, 2.05) is 0 Å². The van der Waals surface area contributed by atoms with E-state index in [2.05, 4.69) is 5.32 Å². The molecule has 1 amide bonds. The summed E-state index contributed by atoms with van der Waals surface area (Å²) in [6, 6.07) is 0. The molecule has 2 unspecified atom stereocenters. The van der Waals surface area contributed by atoms with Crippen LogP contribution < -0.4 is 5.32 Å². The molecule has 1 aliphatic rings. The average molecular weight is 291 g/mol. The molecule has 3 N–H and O–H groups in total. The number of carbonyl (C=O) groups excluding carboxylic acids is 1. The molecule has 1 saturated heterocycles. The lowest BCUT2D eigenvalue weighted by Crippen LogP contribution is -2.47. The van der Waals surface area contributed by atoms with Crippen molar-refractivity contribution in [2.45, 2.75) is 37.9 Å². The van der Waals surface area contributed by atoms with Crippen LogP contribution in [0.4, 0.5) is 0 Å². The highest BCUT2D eigenvalue weighted by atomic mass is 32.2. The second-order valence-electron chi connectivity index (χ2n) is 4.86. The second kappa shape index (κ2) is 7.72. The summed E-state index contributed by atoms with van der Waals surface area (Å²) in [5.74, 6) is -0.614. The van der Waals surface area contributed by atoms with Crippen LogP contribution in [-0.2, 0) is 14.3 Å². The van der Waals surface area contributed by atoms with Crippen molar-refractivity contribution in [2.75, 3.05) is 24.7 Å². The summed E-state index contributed by atoms with van der Waals surface area (Å²) in [5, 5.41) is 20.5. The summed E-state index contributed by atoms with van der Waals surface area (Å²) < 4.78 is 5.54. The van der Waals surface area contributed by atoms with Crippen LogP contribution in [0.25, 0.3) is 0 Å². The number of aliphatic hydroxyl groups is 1. The van der Waals surface area contributed by atoms with Crippen LogP contribution in [0.15, 0.2) is 0 Å². The van der Waals surface area contributed by atoms with Crippen LogP contribution in [0.2, 0.25) is 0 Å². The van der Waals surface area contributed by atoms with Gasteiger partial charge in [-0.05, 0) is 26.2 Å². The molecule has 0 aromatic carbocycles. The van der Waals surface area contributed by atoms with E-state index in [-0.39, 0.29) is 24.3 Å². The van der Waals surface area contributed by atoms with E-state index in [1.165, 1.54) is 18.2 Å². The van der Waals surface area contributed by atoms with Gasteiger partial charge in [-0.3, -0.25) is 4.79 Å². The Morgan fingerprint density at radius 1 is 1.47 bits per heavy atom. The van der Waals surface area contributed by atoms with Gasteiger partial charge in [-0.25, -0.2) is 4.79 Å². The van der Waals surface area contributed by atoms with E-state index in [0.29, 0.717) is 0 Å². The number of carboxylic acid groups (broad SMARTS) is 1. The average Bonchev–Trinajstić information content (AvgIpc) is 2.37. The zero-order valence-electron chi connectivity index (χ0n) is 11.1. The third-order valence-electron chi connectivity index (χ3n) is 2.90. The molecule has 0 aliphatic carbocycles. The van der Waals surface area contributed by atoms with E-state index in [9.17, 15) is 14.7 Å². The van der Waals surface area contributed by atoms with Gasteiger partial charge in [-0.1, -0.05) is 0 Å². The van der Waals surface area contributed by atoms with Crippen molar-refractivity contribution in [1.29, 1.82) is 0 Å². The molecule has 0 radical (unpaired) electrons. The molecule has 6 nitrogen and oxygen atoms in total. The third-order valence-corrected chi connectivity index (χ3v) is 3.98. The molecule has 0 spiro atoms. The fourth-order valence-electron chi connectivity index (χ4n) is 1.62. The predicted octanol–water partition coefficient (Wildman–Crippen LogP) is 0.240. The summed E-state index contributed by atoms with van der Waals surface area (Å²) >= 11 is 1.46. The van der Waals surface area contributed by atoms with Crippen molar-refractivity contribution in [3.05, 3.63) is 0 Å². The number of nitrogens with one attached hydrogen (secondary N) is 1. The highest BCUT2D eigenvalue weighted by Gasteiger charge is 2.30. The van der Waals surface area contributed by atoms with Crippen molar-refractivity contribution in [1.82, 2.24) is 5.32 Å². The number of thioether (sulfide) groups is 1. The standard InChI is InChI=1S/C12H21NO5S/c1-12(17,11(15)16)8-13-10(14)7-19-6-9-4-2-3-5-18-9/h9,17H,2-8H2,1H3,(H,13,14)(H,15,16). The number of carbonyl (C=O) groups is 2. The van der Waals surface area contributed by atoms with Gasteiger partial charge in [0.1, 0.15) is 0 Å².